The third-order valence-electron chi connectivity index (χ3n) is 4.24. The zero-order chi connectivity index (χ0) is 16.2. The van der Waals surface area contributed by atoms with Gasteiger partial charge in [-0.25, -0.2) is 4.79 Å². The van der Waals surface area contributed by atoms with E-state index in [1.54, 1.807) is 7.11 Å². The predicted molar refractivity (Wildman–Crippen MR) is 83.9 cm³/mol. The maximum absolute atomic E-state index is 12.3. The van der Waals surface area contributed by atoms with Crippen molar-refractivity contribution in [2.24, 2.45) is 0 Å². The lowest BCUT2D eigenvalue weighted by atomic mass is 9.83. The molecule has 5 nitrogen and oxygen atoms in total. The number of carbonyl (C=O) groups is 1. The van der Waals surface area contributed by atoms with Crippen LogP contribution in [0.2, 0.25) is 0 Å². The van der Waals surface area contributed by atoms with Crippen molar-refractivity contribution in [3.05, 3.63) is 35.9 Å². The molecule has 5 heteroatoms. The van der Waals surface area contributed by atoms with Crippen LogP contribution < -0.4 is 0 Å². The summed E-state index contributed by atoms with van der Waals surface area (Å²) >= 11 is 0. The van der Waals surface area contributed by atoms with Crippen molar-refractivity contribution in [1.82, 2.24) is 4.90 Å². The molecule has 2 rings (SSSR count). The summed E-state index contributed by atoms with van der Waals surface area (Å²) in [7, 11) is 1.60. The molecule has 0 amide bonds. The van der Waals surface area contributed by atoms with Crippen LogP contribution in [0.4, 0.5) is 0 Å². The Morgan fingerprint density at radius 2 is 2.09 bits per heavy atom. The van der Waals surface area contributed by atoms with Crippen LogP contribution in [-0.4, -0.2) is 55.0 Å². The van der Waals surface area contributed by atoms with E-state index < -0.39 is 11.5 Å². The van der Waals surface area contributed by atoms with Crippen LogP contribution in [0.25, 0.3) is 0 Å². The lowest BCUT2D eigenvalue weighted by Gasteiger charge is -2.47. The molecular formula is C17H25NO4. The van der Waals surface area contributed by atoms with E-state index in [1.165, 1.54) is 0 Å². The summed E-state index contributed by atoms with van der Waals surface area (Å²) in [5.74, 6) is -0.839. The van der Waals surface area contributed by atoms with Gasteiger partial charge in [0.1, 0.15) is 5.54 Å². The Bertz CT molecular complexity index is 503. The Balaban J connectivity index is 2.45. The molecule has 1 aliphatic rings. The number of benzene rings is 1. The molecule has 1 aromatic carbocycles. The van der Waals surface area contributed by atoms with E-state index in [0.29, 0.717) is 32.7 Å². The van der Waals surface area contributed by atoms with Crippen molar-refractivity contribution in [3.8, 4) is 0 Å². The zero-order valence-electron chi connectivity index (χ0n) is 13.5. The summed E-state index contributed by atoms with van der Waals surface area (Å²) < 4.78 is 10.9. The number of morpholine rings is 1. The topological polar surface area (TPSA) is 59.0 Å². The Hall–Kier alpha value is -1.43. The second kappa shape index (κ2) is 6.77. The predicted octanol–water partition coefficient (Wildman–Crippen LogP) is 2.11. The normalized spacial score (nSPS) is 21.2. The molecule has 1 heterocycles. The van der Waals surface area contributed by atoms with Crippen molar-refractivity contribution >= 4 is 5.97 Å². The molecule has 1 aliphatic heterocycles. The molecule has 0 bridgehead atoms. The Labute approximate surface area is 131 Å². The van der Waals surface area contributed by atoms with Gasteiger partial charge in [-0.3, -0.25) is 4.90 Å². The maximum Gasteiger partial charge on any atom is 0.328 e. The molecule has 122 valence electrons. The molecular weight excluding hydrogens is 282 g/mol. The first kappa shape index (κ1) is 16.9. The van der Waals surface area contributed by atoms with Crippen LogP contribution in [0, 0.1) is 0 Å². The largest absolute Gasteiger partial charge is 0.480 e. The fraction of sp³-hybridized carbons (Fsp3) is 0.588. The molecule has 1 atom stereocenters. The molecule has 0 aromatic heterocycles. The van der Waals surface area contributed by atoms with Gasteiger partial charge in [0.15, 0.2) is 0 Å². The number of carboxylic acid groups (broad SMARTS) is 1. The minimum atomic E-state index is -1.08. The molecule has 0 aliphatic carbocycles. The van der Waals surface area contributed by atoms with Crippen molar-refractivity contribution in [3.63, 3.8) is 0 Å². The summed E-state index contributed by atoms with van der Waals surface area (Å²) in [5, 5.41) is 10.1. The number of hydrogen-bond donors (Lipinski definition) is 1. The van der Waals surface area contributed by atoms with Crippen molar-refractivity contribution in [2.75, 3.05) is 33.4 Å². The summed E-state index contributed by atoms with van der Waals surface area (Å²) in [6, 6.07) is 9.42. The maximum atomic E-state index is 12.3. The van der Waals surface area contributed by atoms with Crippen molar-refractivity contribution in [1.29, 1.82) is 0 Å². The van der Waals surface area contributed by atoms with Crippen molar-refractivity contribution < 1.29 is 19.4 Å². The fourth-order valence-corrected chi connectivity index (χ4v) is 3.16. The molecule has 1 fully saturated rings. The first-order valence-corrected chi connectivity index (χ1v) is 7.59. The molecule has 1 N–H and O–H groups in total. The van der Waals surface area contributed by atoms with E-state index in [0.717, 1.165) is 5.56 Å². The highest BCUT2D eigenvalue weighted by atomic mass is 16.5. The Morgan fingerprint density at radius 1 is 1.41 bits per heavy atom. The van der Waals surface area contributed by atoms with E-state index in [2.05, 4.69) is 0 Å². The first-order valence-electron chi connectivity index (χ1n) is 7.59. The summed E-state index contributed by atoms with van der Waals surface area (Å²) in [6.07, 6.45) is 0.402. The van der Waals surface area contributed by atoms with Gasteiger partial charge in [-0.2, -0.15) is 0 Å². The summed E-state index contributed by atoms with van der Waals surface area (Å²) in [4.78, 5) is 14.3. The molecule has 1 aromatic rings. The minimum absolute atomic E-state index is 0.360. The number of aliphatic carboxylic acids is 1. The van der Waals surface area contributed by atoms with Gasteiger partial charge < -0.3 is 14.6 Å². The van der Waals surface area contributed by atoms with Gasteiger partial charge in [-0.1, -0.05) is 30.3 Å². The highest BCUT2D eigenvalue weighted by molar-refractivity contribution is 5.81. The second-order valence-electron chi connectivity index (χ2n) is 6.30. The molecule has 0 saturated carbocycles. The number of carboxylic acids is 1. The second-order valence-corrected chi connectivity index (χ2v) is 6.30. The van der Waals surface area contributed by atoms with Gasteiger partial charge >= 0.3 is 5.97 Å². The zero-order valence-corrected chi connectivity index (χ0v) is 13.5. The van der Waals surface area contributed by atoms with Gasteiger partial charge in [-0.05, 0) is 19.4 Å². The van der Waals surface area contributed by atoms with Gasteiger partial charge in [0.25, 0.3) is 0 Å². The van der Waals surface area contributed by atoms with Crippen LogP contribution in [-0.2, 0) is 19.8 Å². The average molecular weight is 307 g/mol. The molecule has 1 unspecified atom stereocenters. The lowest BCUT2D eigenvalue weighted by Crippen LogP contribution is -2.60. The van der Waals surface area contributed by atoms with E-state index in [4.69, 9.17) is 9.47 Å². The number of methoxy groups -OCH3 is 1. The van der Waals surface area contributed by atoms with E-state index in [9.17, 15) is 9.90 Å². The molecule has 0 radical (unpaired) electrons. The van der Waals surface area contributed by atoms with Crippen LogP contribution in [0.1, 0.15) is 25.8 Å². The third kappa shape index (κ3) is 3.32. The van der Waals surface area contributed by atoms with Gasteiger partial charge in [0.05, 0.1) is 12.2 Å². The van der Waals surface area contributed by atoms with Crippen molar-refractivity contribution in [2.45, 2.75) is 31.4 Å². The number of hydrogen-bond acceptors (Lipinski definition) is 4. The smallest absolute Gasteiger partial charge is 0.328 e. The average Bonchev–Trinajstić information content (AvgIpc) is 2.48. The summed E-state index contributed by atoms with van der Waals surface area (Å²) in [5.41, 5.74) is -0.656. The molecule has 22 heavy (non-hydrogen) atoms. The number of nitrogens with zero attached hydrogens (tertiary/aromatic N) is 1. The monoisotopic (exact) mass is 307 g/mol. The quantitative estimate of drug-likeness (QED) is 0.872. The minimum Gasteiger partial charge on any atom is -0.480 e. The SMILES string of the molecule is COCCC(C(=O)O)(c1ccccc1)N1CCOC(C)(C)C1. The van der Waals surface area contributed by atoms with E-state index in [1.807, 2.05) is 49.1 Å². The lowest BCUT2D eigenvalue weighted by molar-refractivity contribution is -0.167. The third-order valence-corrected chi connectivity index (χ3v) is 4.24. The van der Waals surface area contributed by atoms with E-state index >= 15 is 0 Å². The standard InChI is InChI=1S/C17H25NO4/c1-16(2)13-18(10-12-22-16)17(15(19)20,9-11-21-3)14-7-5-4-6-8-14/h4-8H,9-13H2,1-3H3,(H,19,20). The van der Waals surface area contributed by atoms with Crippen LogP contribution in [0.3, 0.4) is 0 Å². The first-order chi connectivity index (χ1) is 10.4. The number of rotatable bonds is 6. The summed E-state index contributed by atoms with van der Waals surface area (Å²) in [6.45, 7) is 6.06. The fourth-order valence-electron chi connectivity index (χ4n) is 3.16. The highest BCUT2D eigenvalue weighted by Gasteiger charge is 2.48. The van der Waals surface area contributed by atoms with Gasteiger partial charge in [0.2, 0.25) is 0 Å². The Morgan fingerprint density at radius 3 is 2.64 bits per heavy atom. The van der Waals surface area contributed by atoms with Crippen LogP contribution >= 0.6 is 0 Å². The van der Waals surface area contributed by atoms with Gasteiger partial charge in [-0.15, -0.1) is 0 Å². The Kier molecular flexibility index (Phi) is 5.21. The van der Waals surface area contributed by atoms with E-state index in [-0.39, 0.29) is 5.60 Å². The molecule has 1 saturated heterocycles. The van der Waals surface area contributed by atoms with Crippen LogP contribution in [0.15, 0.2) is 30.3 Å². The molecule has 0 spiro atoms. The van der Waals surface area contributed by atoms with Crippen LogP contribution in [0.5, 0.6) is 0 Å². The highest BCUT2D eigenvalue weighted by Crippen LogP contribution is 2.36. The number of ether oxygens (including phenoxy) is 2. The van der Waals surface area contributed by atoms with Gasteiger partial charge in [0, 0.05) is 33.2 Å².